The molecule has 3 N–H and O–H groups in total. The summed E-state index contributed by atoms with van der Waals surface area (Å²) in [6.45, 7) is 2.21. The molecule has 0 unspecified atom stereocenters. The van der Waals surface area contributed by atoms with Crippen LogP contribution in [0.3, 0.4) is 0 Å². The molecule has 4 aromatic rings. The highest BCUT2D eigenvalue weighted by Gasteiger charge is 2.19. The van der Waals surface area contributed by atoms with Crippen molar-refractivity contribution < 1.29 is 14.3 Å². The van der Waals surface area contributed by atoms with Crippen LogP contribution in [0.5, 0.6) is 0 Å². The van der Waals surface area contributed by atoms with E-state index in [-0.39, 0.29) is 5.91 Å². The van der Waals surface area contributed by atoms with Crippen LogP contribution in [0, 0.1) is 11.8 Å². The van der Waals surface area contributed by atoms with Gasteiger partial charge in [-0.15, -0.1) is 0 Å². The molecule has 2 aromatic carbocycles. The zero-order valence-corrected chi connectivity index (χ0v) is 24.1. The first-order chi connectivity index (χ1) is 19.9. The van der Waals surface area contributed by atoms with E-state index >= 15 is 0 Å². The van der Waals surface area contributed by atoms with Gasteiger partial charge in [0.2, 0.25) is 0 Å². The van der Waals surface area contributed by atoms with E-state index in [0.29, 0.717) is 64.6 Å². The van der Waals surface area contributed by atoms with Gasteiger partial charge in [-0.05, 0) is 36.4 Å². The quantitative estimate of drug-likeness (QED) is 0.118. The third kappa shape index (κ3) is 6.29. The molecule has 9 nitrogen and oxygen atoms in total. The van der Waals surface area contributed by atoms with Crippen molar-refractivity contribution in [2.75, 3.05) is 43.9 Å². The van der Waals surface area contributed by atoms with Crippen molar-refractivity contribution in [3.8, 4) is 23.1 Å². The van der Waals surface area contributed by atoms with E-state index in [0.717, 1.165) is 16.9 Å². The molecular weight excluding hydrogens is 560 g/mol. The molecule has 1 fully saturated rings. The summed E-state index contributed by atoms with van der Waals surface area (Å²) in [5.74, 6) is 11.9. The van der Waals surface area contributed by atoms with Crippen molar-refractivity contribution in [2.45, 2.75) is 0 Å². The topological polar surface area (TPSA) is 114 Å². The van der Waals surface area contributed by atoms with Gasteiger partial charge < -0.3 is 13.9 Å². The summed E-state index contributed by atoms with van der Waals surface area (Å²) < 4.78 is 7.23. The Morgan fingerprint density at radius 2 is 1.85 bits per heavy atom. The zero-order valence-electron chi connectivity index (χ0n) is 22.5. The van der Waals surface area contributed by atoms with Crippen LogP contribution in [-0.4, -0.2) is 66.3 Å². The molecule has 0 spiro atoms. The lowest BCUT2D eigenvalue weighted by molar-refractivity contribution is 0.0303. The van der Waals surface area contributed by atoms with Gasteiger partial charge in [0.15, 0.2) is 0 Å². The number of benzene rings is 2. The summed E-state index contributed by atoms with van der Waals surface area (Å²) in [7, 11) is 1.91. The van der Waals surface area contributed by atoms with E-state index in [1.807, 2.05) is 47.9 Å². The number of hydrogen-bond donors (Lipinski definition) is 2. The molecule has 0 saturated carbocycles. The SMILES string of the molecule is CSN(C)c1cc2nc(-c3ccc(C#Cc4ccc(C(=O)N5CCOCC5)cc4Cl)cc3)cc(C(=O)NN)c2cn1. The molecule has 41 heavy (non-hydrogen) atoms. The number of halogens is 1. The first kappa shape index (κ1) is 28.4. The average Bonchev–Trinajstić information content (AvgIpc) is 3.02. The molecule has 1 saturated heterocycles. The molecule has 1 aliphatic heterocycles. The Labute approximate surface area is 247 Å². The predicted octanol–water partition coefficient (Wildman–Crippen LogP) is 4.14. The minimum atomic E-state index is -0.427. The van der Waals surface area contributed by atoms with Gasteiger partial charge in [-0.2, -0.15) is 0 Å². The van der Waals surface area contributed by atoms with Gasteiger partial charge in [0, 0.05) is 66.3 Å². The largest absolute Gasteiger partial charge is 0.378 e. The highest BCUT2D eigenvalue weighted by molar-refractivity contribution is 7.99. The lowest BCUT2D eigenvalue weighted by Crippen LogP contribution is -2.40. The standard InChI is InChI=1S/C30H27ClN6O3S/c1-36(41-2)28-17-27-24(18-33-28)23(29(38)35-32)16-26(34-27)21-7-4-19(5-8-21)3-6-20-9-10-22(15-25(20)31)30(39)37-11-13-40-14-12-37/h4-5,7-10,15-18H,11-14,32H2,1-2H3,(H,35,38). The third-order valence-corrected chi connectivity index (χ3v) is 7.74. The monoisotopic (exact) mass is 586 g/mol. The number of amides is 2. The number of hydrogen-bond acceptors (Lipinski definition) is 8. The number of morpholine rings is 1. The number of nitrogens with zero attached hydrogens (tertiary/aromatic N) is 4. The Kier molecular flexibility index (Phi) is 8.71. The van der Waals surface area contributed by atoms with Crippen LogP contribution in [0.1, 0.15) is 31.8 Å². The number of aromatic nitrogens is 2. The van der Waals surface area contributed by atoms with Crippen molar-refractivity contribution in [2.24, 2.45) is 5.84 Å². The molecule has 5 rings (SSSR count). The Bertz CT molecular complexity index is 1680. The van der Waals surface area contributed by atoms with Gasteiger partial charge in [-0.25, -0.2) is 15.8 Å². The first-order valence-electron chi connectivity index (χ1n) is 12.8. The Balaban J connectivity index is 1.40. The van der Waals surface area contributed by atoms with Crippen molar-refractivity contribution in [1.82, 2.24) is 20.3 Å². The Morgan fingerprint density at radius 1 is 1.10 bits per heavy atom. The first-order valence-corrected chi connectivity index (χ1v) is 14.3. The Morgan fingerprint density at radius 3 is 2.54 bits per heavy atom. The molecule has 3 heterocycles. The van der Waals surface area contributed by atoms with E-state index in [2.05, 4.69) is 22.3 Å². The fourth-order valence-corrected chi connectivity index (χ4v) is 4.87. The van der Waals surface area contributed by atoms with Crippen LogP contribution in [-0.2, 0) is 4.74 Å². The maximum Gasteiger partial charge on any atom is 0.265 e. The van der Waals surface area contributed by atoms with Crippen LogP contribution < -0.4 is 15.6 Å². The normalized spacial score (nSPS) is 12.9. The molecule has 2 aromatic heterocycles. The molecule has 0 radical (unpaired) electrons. The molecule has 0 bridgehead atoms. The number of rotatable bonds is 5. The van der Waals surface area contributed by atoms with E-state index in [1.165, 1.54) is 11.9 Å². The van der Waals surface area contributed by atoms with E-state index in [9.17, 15) is 9.59 Å². The van der Waals surface area contributed by atoms with Crippen LogP contribution in [0.25, 0.3) is 22.2 Å². The zero-order chi connectivity index (χ0) is 28.9. The van der Waals surface area contributed by atoms with Gasteiger partial charge in [-0.3, -0.25) is 15.0 Å². The molecule has 1 aliphatic rings. The highest BCUT2D eigenvalue weighted by atomic mass is 35.5. The lowest BCUT2D eigenvalue weighted by atomic mass is 10.0. The number of ether oxygens (including phenoxy) is 1. The maximum atomic E-state index is 12.7. The number of fused-ring (bicyclic) bond motifs is 1. The fourth-order valence-electron chi connectivity index (χ4n) is 4.35. The Hall–Kier alpha value is -4.14. The summed E-state index contributed by atoms with van der Waals surface area (Å²) in [5.41, 5.74) is 6.57. The number of nitrogen functional groups attached to an aromatic ring is 1. The summed E-state index contributed by atoms with van der Waals surface area (Å²) in [6, 6.07) is 16.2. The number of carbonyl (C=O) groups excluding carboxylic acids is 2. The minimum absolute atomic E-state index is 0.0662. The summed E-state index contributed by atoms with van der Waals surface area (Å²) >= 11 is 7.98. The van der Waals surface area contributed by atoms with Gasteiger partial charge in [0.25, 0.3) is 11.8 Å². The van der Waals surface area contributed by atoms with Crippen LogP contribution in [0.4, 0.5) is 5.82 Å². The second-order valence-corrected chi connectivity index (χ2v) is 10.5. The van der Waals surface area contributed by atoms with E-state index in [1.54, 1.807) is 35.4 Å². The van der Waals surface area contributed by atoms with Crippen molar-refractivity contribution >= 4 is 52.1 Å². The highest BCUT2D eigenvalue weighted by Crippen LogP contribution is 2.28. The van der Waals surface area contributed by atoms with Crippen molar-refractivity contribution in [3.05, 3.63) is 88.1 Å². The minimum Gasteiger partial charge on any atom is -0.378 e. The predicted molar refractivity (Wildman–Crippen MR) is 163 cm³/mol. The number of anilines is 1. The molecule has 2 amide bonds. The summed E-state index contributed by atoms with van der Waals surface area (Å²) in [4.78, 5) is 36.3. The third-order valence-electron chi connectivity index (χ3n) is 6.69. The molecular formula is C30H27ClN6O3S. The number of hydrazine groups is 1. The van der Waals surface area contributed by atoms with Gasteiger partial charge in [0.1, 0.15) is 5.82 Å². The second-order valence-electron chi connectivity index (χ2n) is 9.19. The molecule has 0 atom stereocenters. The van der Waals surface area contributed by atoms with E-state index in [4.69, 9.17) is 27.2 Å². The number of pyridine rings is 2. The number of nitrogens with two attached hydrogens (primary N) is 1. The van der Waals surface area contributed by atoms with E-state index < -0.39 is 5.91 Å². The van der Waals surface area contributed by atoms with Crippen LogP contribution in [0.2, 0.25) is 5.02 Å². The van der Waals surface area contributed by atoms with Gasteiger partial charge >= 0.3 is 0 Å². The molecule has 208 valence electrons. The smallest absolute Gasteiger partial charge is 0.265 e. The number of carbonyl (C=O) groups is 2. The average molecular weight is 587 g/mol. The van der Waals surface area contributed by atoms with Crippen LogP contribution >= 0.6 is 23.5 Å². The lowest BCUT2D eigenvalue weighted by Gasteiger charge is -2.26. The van der Waals surface area contributed by atoms with Gasteiger partial charge in [0.05, 0.1) is 35.0 Å². The van der Waals surface area contributed by atoms with Crippen LogP contribution in [0.15, 0.2) is 60.8 Å². The summed E-state index contributed by atoms with van der Waals surface area (Å²) in [5, 5.41) is 1.02. The number of nitrogens with one attached hydrogen (secondary N) is 1. The fraction of sp³-hybridized carbons (Fsp3) is 0.200. The maximum absolute atomic E-state index is 12.7. The van der Waals surface area contributed by atoms with Crippen molar-refractivity contribution in [1.29, 1.82) is 0 Å². The molecule has 0 aliphatic carbocycles. The van der Waals surface area contributed by atoms with Gasteiger partial charge in [-0.1, -0.05) is 47.5 Å². The second kappa shape index (κ2) is 12.6. The summed E-state index contributed by atoms with van der Waals surface area (Å²) in [6.07, 6.45) is 3.58. The van der Waals surface area contributed by atoms with Crippen molar-refractivity contribution in [3.63, 3.8) is 0 Å². The molecule has 11 heteroatoms.